The van der Waals surface area contributed by atoms with Crippen molar-refractivity contribution in [3.8, 4) is 0 Å². The van der Waals surface area contributed by atoms with Gasteiger partial charge in [-0.1, -0.05) is 43.3 Å². The molecule has 9 nitrogen and oxygen atoms in total. The molecule has 3 aromatic rings. The zero-order valence-corrected chi connectivity index (χ0v) is 22.4. The van der Waals surface area contributed by atoms with Gasteiger partial charge < -0.3 is 19.6 Å². The maximum absolute atomic E-state index is 14.5. The first kappa shape index (κ1) is 29.0. The number of nitrogens with one attached hydrogen (secondary N) is 1. The van der Waals surface area contributed by atoms with E-state index in [0.29, 0.717) is 23.5 Å². The standard InChI is InChI=1S/C29H25F4N3O6/c1-16(2)27(14-21(36-42-27)24-20-6-4-3-5-17(20)11-12-34-24)26(39)35-22-13-23(37)40-28(22,15-30)41-25(38)18-7-9-19(10-8-18)29(31,32)33/h3-12,16,22H,13-15H2,1-2H3,(H,35,39)/t22-,27+,28+/m0/s1. The van der Waals surface area contributed by atoms with E-state index in [4.69, 9.17) is 14.3 Å². The number of rotatable bonds is 7. The Hall–Kier alpha value is -4.55. The Morgan fingerprint density at radius 1 is 1.12 bits per heavy atom. The summed E-state index contributed by atoms with van der Waals surface area (Å²) < 4.78 is 63.4. The molecular formula is C29H25F4N3O6. The van der Waals surface area contributed by atoms with E-state index in [1.807, 2.05) is 30.3 Å². The number of hydrogen-bond donors (Lipinski definition) is 1. The molecule has 0 bridgehead atoms. The molecule has 1 N–H and O–H groups in total. The topological polar surface area (TPSA) is 116 Å². The van der Waals surface area contributed by atoms with E-state index in [2.05, 4.69) is 15.5 Å². The average molecular weight is 588 g/mol. The molecule has 0 saturated carbocycles. The first-order valence-corrected chi connectivity index (χ1v) is 13.0. The normalized spacial score (nSPS) is 23.8. The Balaban J connectivity index is 1.37. The molecule has 2 aliphatic heterocycles. The van der Waals surface area contributed by atoms with E-state index in [0.717, 1.165) is 22.9 Å². The third kappa shape index (κ3) is 5.14. The van der Waals surface area contributed by atoms with Crippen LogP contribution in [-0.4, -0.2) is 52.6 Å². The number of fused-ring (bicyclic) bond motifs is 1. The van der Waals surface area contributed by atoms with E-state index in [1.54, 1.807) is 20.0 Å². The molecule has 1 fully saturated rings. The highest BCUT2D eigenvalue weighted by atomic mass is 19.4. The van der Waals surface area contributed by atoms with Crippen LogP contribution in [0.15, 0.2) is 65.9 Å². The number of benzene rings is 2. The van der Waals surface area contributed by atoms with Crippen LogP contribution in [0.4, 0.5) is 17.6 Å². The van der Waals surface area contributed by atoms with E-state index in [9.17, 15) is 31.9 Å². The number of pyridine rings is 1. The van der Waals surface area contributed by atoms with Crippen molar-refractivity contribution in [2.75, 3.05) is 6.67 Å². The smallest absolute Gasteiger partial charge is 0.416 e. The lowest BCUT2D eigenvalue weighted by atomic mass is 9.83. The second kappa shape index (κ2) is 10.7. The van der Waals surface area contributed by atoms with Gasteiger partial charge in [-0.15, -0.1) is 0 Å². The molecule has 2 aromatic carbocycles. The molecule has 3 atom stereocenters. The van der Waals surface area contributed by atoms with Crippen molar-refractivity contribution in [1.82, 2.24) is 10.3 Å². The molecular weight excluding hydrogens is 562 g/mol. The molecule has 220 valence electrons. The number of nitrogens with zero attached hydrogens (tertiary/aromatic N) is 2. The molecule has 1 saturated heterocycles. The van der Waals surface area contributed by atoms with Crippen LogP contribution < -0.4 is 5.32 Å². The fourth-order valence-electron chi connectivity index (χ4n) is 4.94. The Kier molecular flexibility index (Phi) is 7.37. The minimum absolute atomic E-state index is 0.00695. The van der Waals surface area contributed by atoms with Gasteiger partial charge in [0.2, 0.25) is 5.60 Å². The van der Waals surface area contributed by atoms with Crippen LogP contribution in [0.5, 0.6) is 0 Å². The molecule has 0 unspecified atom stereocenters. The second-order valence-electron chi connectivity index (χ2n) is 10.3. The van der Waals surface area contributed by atoms with Crippen molar-refractivity contribution in [3.05, 3.63) is 77.6 Å². The minimum Gasteiger partial charge on any atom is -0.417 e. The lowest BCUT2D eigenvalue weighted by Gasteiger charge is -2.34. The number of halogens is 4. The SMILES string of the molecule is CC(C)[C@@]1(C(=O)N[C@H]2CC(=O)O[C@]2(CF)OC(=O)c2ccc(C(F)(F)F)cc2)CC(c2nccc3ccccc23)=NO1. The van der Waals surface area contributed by atoms with Crippen molar-refractivity contribution >= 4 is 34.3 Å². The number of carbonyl (C=O) groups is 3. The summed E-state index contributed by atoms with van der Waals surface area (Å²) in [4.78, 5) is 48.9. The molecule has 42 heavy (non-hydrogen) atoms. The molecule has 5 rings (SSSR count). The van der Waals surface area contributed by atoms with E-state index in [-0.39, 0.29) is 12.0 Å². The summed E-state index contributed by atoms with van der Waals surface area (Å²) in [6.07, 6.45) is -3.58. The molecule has 3 heterocycles. The van der Waals surface area contributed by atoms with Gasteiger partial charge in [-0.2, -0.15) is 13.2 Å². The molecule has 0 aliphatic carbocycles. The van der Waals surface area contributed by atoms with Crippen molar-refractivity contribution < 1.29 is 46.3 Å². The number of alkyl halides is 4. The third-order valence-corrected chi connectivity index (χ3v) is 7.41. The lowest BCUT2D eigenvalue weighted by molar-refractivity contribution is -0.203. The van der Waals surface area contributed by atoms with Crippen molar-refractivity contribution in [2.45, 2.75) is 50.3 Å². The second-order valence-corrected chi connectivity index (χ2v) is 10.3. The Labute approximate surface area is 236 Å². The number of ether oxygens (including phenoxy) is 2. The largest absolute Gasteiger partial charge is 0.417 e. The molecule has 0 radical (unpaired) electrons. The summed E-state index contributed by atoms with van der Waals surface area (Å²) in [5.74, 6) is -5.99. The summed E-state index contributed by atoms with van der Waals surface area (Å²) in [6.45, 7) is 1.91. The maximum Gasteiger partial charge on any atom is 0.416 e. The number of carbonyl (C=O) groups excluding carboxylic acids is 3. The first-order chi connectivity index (χ1) is 19.9. The van der Waals surface area contributed by atoms with Gasteiger partial charge in [0.15, 0.2) is 6.67 Å². The van der Waals surface area contributed by atoms with E-state index >= 15 is 0 Å². The van der Waals surface area contributed by atoms with Crippen molar-refractivity contribution in [3.63, 3.8) is 0 Å². The molecule has 2 aliphatic rings. The van der Waals surface area contributed by atoms with Crippen LogP contribution >= 0.6 is 0 Å². The van der Waals surface area contributed by atoms with Crippen molar-refractivity contribution in [1.29, 1.82) is 0 Å². The zero-order chi connectivity index (χ0) is 30.3. The Morgan fingerprint density at radius 3 is 2.50 bits per heavy atom. The minimum atomic E-state index is -4.64. The maximum atomic E-state index is 14.5. The van der Waals surface area contributed by atoms with E-state index < -0.39 is 66.0 Å². The summed E-state index contributed by atoms with van der Waals surface area (Å²) in [5.41, 5.74) is -2.01. The molecule has 0 spiro atoms. The Bertz CT molecular complexity index is 1570. The quantitative estimate of drug-likeness (QED) is 0.314. The average Bonchev–Trinajstić information content (AvgIpc) is 3.55. The van der Waals surface area contributed by atoms with Gasteiger partial charge in [0.05, 0.1) is 23.2 Å². The number of oxime groups is 1. The predicted molar refractivity (Wildman–Crippen MR) is 140 cm³/mol. The number of cyclic esters (lactones) is 1. The van der Waals surface area contributed by atoms with Gasteiger partial charge >= 0.3 is 23.9 Å². The summed E-state index contributed by atoms with van der Waals surface area (Å²) >= 11 is 0. The van der Waals surface area contributed by atoms with Gasteiger partial charge in [0.25, 0.3) is 5.91 Å². The van der Waals surface area contributed by atoms with Gasteiger partial charge in [-0.05, 0) is 35.7 Å². The lowest BCUT2D eigenvalue weighted by Crippen LogP contribution is -2.60. The predicted octanol–water partition coefficient (Wildman–Crippen LogP) is 4.73. The third-order valence-electron chi connectivity index (χ3n) is 7.41. The van der Waals surface area contributed by atoms with Crippen LogP contribution in [0.3, 0.4) is 0 Å². The summed E-state index contributed by atoms with van der Waals surface area (Å²) in [7, 11) is 0. The summed E-state index contributed by atoms with van der Waals surface area (Å²) in [6, 6.07) is 10.8. The van der Waals surface area contributed by atoms with Crippen molar-refractivity contribution in [2.24, 2.45) is 11.1 Å². The van der Waals surface area contributed by atoms with Gasteiger partial charge in [0.1, 0.15) is 11.8 Å². The molecule has 13 heteroatoms. The van der Waals surface area contributed by atoms with Crippen LogP contribution in [0.1, 0.15) is 48.3 Å². The van der Waals surface area contributed by atoms with Crippen LogP contribution in [-0.2, 0) is 30.1 Å². The van der Waals surface area contributed by atoms with Crippen LogP contribution in [0.25, 0.3) is 10.8 Å². The fraction of sp³-hybridized carbons (Fsp3) is 0.345. The van der Waals surface area contributed by atoms with Gasteiger partial charge in [-0.25, -0.2) is 9.18 Å². The highest BCUT2D eigenvalue weighted by Crippen LogP contribution is 2.37. The monoisotopic (exact) mass is 587 g/mol. The highest BCUT2D eigenvalue weighted by Gasteiger charge is 2.58. The van der Waals surface area contributed by atoms with E-state index in [1.165, 1.54) is 0 Å². The zero-order valence-electron chi connectivity index (χ0n) is 22.4. The highest BCUT2D eigenvalue weighted by molar-refractivity contribution is 6.12. The first-order valence-electron chi connectivity index (χ1n) is 13.0. The van der Waals surface area contributed by atoms with Crippen LogP contribution in [0, 0.1) is 5.92 Å². The number of amides is 1. The summed E-state index contributed by atoms with van der Waals surface area (Å²) in [5, 5.41) is 8.41. The Morgan fingerprint density at radius 2 is 1.83 bits per heavy atom. The fourth-order valence-corrected chi connectivity index (χ4v) is 4.94. The number of aromatic nitrogens is 1. The van der Waals surface area contributed by atoms with Crippen LogP contribution in [0.2, 0.25) is 0 Å². The molecule has 1 aromatic heterocycles. The van der Waals surface area contributed by atoms with Gasteiger partial charge in [0, 0.05) is 23.9 Å². The van der Waals surface area contributed by atoms with Gasteiger partial charge in [-0.3, -0.25) is 14.6 Å². The number of hydrogen-bond acceptors (Lipinski definition) is 8. The number of esters is 2. The molecule has 1 amide bonds.